The van der Waals surface area contributed by atoms with Gasteiger partial charge >= 0.3 is 0 Å². The van der Waals surface area contributed by atoms with Gasteiger partial charge in [0, 0.05) is 24.7 Å². The van der Waals surface area contributed by atoms with E-state index in [1.807, 2.05) is 54.4 Å². The van der Waals surface area contributed by atoms with Crippen molar-refractivity contribution in [1.82, 2.24) is 15.2 Å². The third kappa shape index (κ3) is 4.58. The minimum Gasteiger partial charge on any atom is -0.462 e. The molecule has 3 heterocycles. The highest BCUT2D eigenvalue weighted by molar-refractivity contribution is 7.17. The zero-order valence-corrected chi connectivity index (χ0v) is 17.9. The molecule has 5 nitrogen and oxygen atoms in total. The Morgan fingerprint density at radius 3 is 2.68 bits per heavy atom. The van der Waals surface area contributed by atoms with Crippen molar-refractivity contribution in [3.63, 3.8) is 0 Å². The summed E-state index contributed by atoms with van der Waals surface area (Å²) in [6, 6.07) is 13.9. The summed E-state index contributed by atoms with van der Waals surface area (Å²) in [5.41, 5.74) is 1.69. The van der Waals surface area contributed by atoms with E-state index in [1.54, 1.807) is 6.26 Å². The van der Waals surface area contributed by atoms with Gasteiger partial charge in [0.05, 0.1) is 12.0 Å². The molecule has 3 aromatic rings. The third-order valence-corrected chi connectivity index (χ3v) is 5.78. The van der Waals surface area contributed by atoms with Crippen LogP contribution in [0.2, 0.25) is 0 Å². The quantitative estimate of drug-likeness (QED) is 0.637. The molecule has 0 radical (unpaired) electrons. The Balaban J connectivity index is 0.00000140. The minimum atomic E-state index is 0. The van der Waals surface area contributed by atoms with Gasteiger partial charge in [0.25, 0.3) is 5.91 Å². The van der Waals surface area contributed by atoms with Gasteiger partial charge in [0.15, 0.2) is 10.8 Å². The van der Waals surface area contributed by atoms with E-state index in [4.69, 9.17) is 9.40 Å². The van der Waals surface area contributed by atoms with Gasteiger partial charge in [-0.25, -0.2) is 4.98 Å². The van der Waals surface area contributed by atoms with Gasteiger partial charge in [-0.2, -0.15) is 0 Å². The predicted molar refractivity (Wildman–Crippen MR) is 118 cm³/mol. The smallest absolute Gasteiger partial charge is 0.266 e. The number of carbonyl (C=O) groups is 1. The molecule has 2 aromatic heterocycles. The van der Waals surface area contributed by atoms with E-state index < -0.39 is 0 Å². The van der Waals surface area contributed by atoms with Gasteiger partial charge in [-0.15, -0.1) is 36.2 Å². The van der Waals surface area contributed by atoms with Crippen LogP contribution >= 0.6 is 36.2 Å². The van der Waals surface area contributed by atoms with Crippen molar-refractivity contribution in [1.29, 1.82) is 0 Å². The van der Waals surface area contributed by atoms with Gasteiger partial charge in [-0.1, -0.05) is 30.3 Å². The Morgan fingerprint density at radius 2 is 2.00 bits per heavy atom. The predicted octanol–water partition coefficient (Wildman–Crippen LogP) is 4.74. The van der Waals surface area contributed by atoms with Crippen molar-refractivity contribution in [2.45, 2.75) is 18.9 Å². The van der Waals surface area contributed by atoms with E-state index in [0.717, 1.165) is 42.2 Å². The van der Waals surface area contributed by atoms with Crippen molar-refractivity contribution in [3.8, 4) is 22.0 Å². The van der Waals surface area contributed by atoms with Crippen molar-refractivity contribution < 1.29 is 9.21 Å². The molecule has 1 aliphatic heterocycles. The molecule has 8 heteroatoms. The van der Waals surface area contributed by atoms with Crippen LogP contribution in [0.3, 0.4) is 0 Å². The summed E-state index contributed by atoms with van der Waals surface area (Å²) in [6.45, 7) is 1.52. The molecule has 1 aromatic carbocycles. The lowest BCUT2D eigenvalue weighted by Gasteiger charge is -2.32. The van der Waals surface area contributed by atoms with Crippen LogP contribution in [-0.2, 0) is 0 Å². The standard InChI is InChI=1S/C20H21N3O2S.2ClH/c1-21-15-9-5-11-23(13-15)20(24)18-17(14-7-3-2-4-8-14)22-19(26-18)16-10-6-12-25-16;;/h2-4,6-8,10,12,15,21H,5,9,11,13H2,1H3;2*1H. The van der Waals surface area contributed by atoms with Crippen molar-refractivity contribution >= 4 is 42.1 Å². The second-order valence-corrected chi connectivity index (χ2v) is 7.42. The molecule has 0 bridgehead atoms. The molecule has 0 spiro atoms. The third-order valence-electron chi connectivity index (χ3n) is 4.72. The molecule has 28 heavy (non-hydrogen) atoms. The van der Waals surface area contributed by atoms with Crippen LogP contribution in [0, 0.1) is 0 Å². The zero-order chi connectivity index (χ0) is 17.9. The number of benzene rings is 1. The van der Waals surface area contributed by atoms with Gasteiger partial charge in [0.1, 0.15) is 4.88 Å². The number of rotatable bonds is 4. The Labute approximate surface area is 181 Å². The molecule has 1 saturated heterocycles. The zero-order valence-electron chi connectivity index (χ0n) is 15.5. The Kier molecular flexibility index (Phi) is 8.07. The molecule has 1 fully saturated rings. The van der Waals surface area contributed by atoms with Crippen molar-refractivity contribution in [2.24, 2.45) is 0 Å². The van der Waals surface area contributed by atoms with Crippen LogP contribution in [0.4, 0.5) is 0 Å². The summed E-state index contributed by atoms with van der Waals surface area (Å²) in [5, 5.41) is 4.03. The first kappa shape index (κ1) is 22.4. The maximum absolute atomic E-state index is 13.3. The largest absolute Gasteiger partial charge is 0.462 e. The first-order valence-corrected chi connectivity index (χ1v) is 9.64. The molecule has 1 unspecified atom stereocenters. The minimum absolute atomic E-state index is 0. The highest BCUT2D eigenvalue weighted by Crippen LogP contribution is 2.35. The van der Waals surface area contributed by atoms with E-state index in [0.29, 0.717) is 16.7 Å². The lowest BCUT2D eigenvalue weighted by atomic mass is 10.1. The Bertz CT molecular complexity index is 884. The van der Waals surface area contributed by atoms with Crippen LogP contribution in [0.25, 0.3) is 22.0 Å². The summed E-state index contributed by atoms with van der Waals surface area (Å²) < 4.78 is 5.50. The first-order chi connectivity index (χ1) is 12.8. The molecule has 1 N–H and O–H groups in total. The molecule has 1 atom stereocenters. The summed E-state index contributed by atoms with van der Waals surface area (Å²) in [7, 11) is 1.95. The number of carbonyl (C=O) groups excluding carboxylic acids is 1. The second-order valence-electron chi connectivity index (χ2n) is 6.42. The number of aromatic nitrogens is 1. The average molecular weight is 440 g/mol. The summed E-state index contributed by atoms with van der Waals surface area (Å²) in [6.07, 6.45) is 3.75. The number of piperidine rings is 1. The highest BCUT2D eigenvalue weighted by Gasteiger charge is 2.28. The Hall–Kier alpha value is -1.86. The van der Waals surface area contributed by atoms with E-state index in [-0.39, 0.29) is 30.7 Å². The number of thiazole rings is 1. The number of furan rings is 1. The Morgan fingerprint density at radius 1 is 1.21 bits per heavy atom. The SMILES string of the molecule is CNC1CCCN(C(=O)c2sc(-c3ccco3)nc2-c2ccccc2)C1.Cl.Cl. The van der Waals surface area contributed by atoms with Crippen LogP contribution in [0.1, 0.15) is 22.5 Å². The normalized spacial score (nSPS) is 16.2. The number of halogens is 2. The summed E-state index contributed by atoms with van der Waals surface area (Å²) in [5.74, 6) is 0.747. The number of hydrogen-bond donors (Lipinski definition) is 1. The second kappa shape index (κ2) is 10.1. The fourth-order valence-corrected chi connectivity index (χ4v) is 4.33. The monoisotopic (exact) mass is 439 g/mol. The topological polar surface area (TPSA) is 58.4 Å². The van der Waals surface area contributed by atoms with Gasteiger partial charge < -0.3 is 14.6 Å². The lowest BCUT2D eigenvalue weighted by Crippen LogP contribution is -2.46. The maximum atomic E-state index is 13.3. The fourth-order valence-electron chi connectivity index (χ4n) is 3.30. The maximum Gasteiger partial charge on any atom is 0.266 e. The first-order valence-electron chi connectivity index (χ1n) is 8.83. The van der Waals surface area contributed by atoms with E-state index in [2.05, 4.69) is 5.32 Å². The number of nitrogens with one attached hydrogen (secondary N) is 1. The molecular weight excluding hydrogens is 417 g/mol. The number of hydrogen-bond acceptors (Lipinski definition) is 5. The van der Waals surface area contributed by atoms with E-state index in [1.165, 1.54) is 11.3 Å². The van der Waals surface area contributed by atoms with Gasteiger partial charge in [-0.3, -0.25) is 4.79 Å². The van der Waals surface area contributed by atoms with Crippen LogP contribution in [-0.4, -0.2) is 42.0 Å². The van der Waals surface area contributed by atoms with Crippen molar-refractivity contribution in [2.75, 3.05) is 20.1 Å². The summed E-state index contributed by atoms with van der Waals surface area (Å²) in [4.78, 5) is 20.6. The van der Waals surface area contributed by atoms with Gasteiger partial charge in [-0.05, 0) is 32.0 Å². The molecule has 1 amide bonds. The average Bonchev–Trinajstić information content (AvgIpc) is 3.38. The number of nitrogens with zero attached hydrogens (tertiary/aromatic N) is 2. The van der Waals surface area contributed by atoms with Crippen LogP contribution in [0.15, 0.2) is 53.1 Å². The molecule has 1 aliphatic rings. The number of likely N-dealkylation sites (N-methyl/N-ethyl adjacent to an activating group) is 1. The number of likely N-dealkylation sites (tertiary alicyclic amines) is 1. The molecule has 0 saturated carbocycles. The van der Waals surface area contributed by atoms with E-state index in [9.17, 15) is 4.79 Å². The number of amides is 1. The van der Waals surface area contributed by atoms with Crippen LogP contribution in [0.5, 0.6) is 0 Å². The fraction of sp³-hybridized carbons (Fsp3) is 0.300. The molecule has 150 valence electrons. The lowest BCUT2D eigenvalue weighted by molar-refractivity contribution is 0.0703. The van der Waals surface area contributed by atoms with Crippen molar-refractivity contribution in [3.05, 3.63) is 53.6 Å². The highest BCUT2D eigenvalue weighted by atomic mass is 35.5. The molecule has 0 aliphatic carbocycles. The molecule has 4 rings (SSSR count). The van der Waals surface area contributed by atoms with E-state index >= 15 is 0 Å². The van der Waals surface area contributed by atoms with Crippen LogP contribution < -0.4 is 5.32 Å². The summed E-state index contributed by atoms with van der Waals surface area (Å²) >= 11 is 1.41. The van der Waals surface area contributed by atoms with Gasteiger partial charge in [0.2, 0.25) is 0 Å². The molecular formula is C20H23Cl2N3O2S.